The number of aliphatic hydroxyl groups excluding tert-OH is 1. The molecular weight excluding hydrogens is 198 g/mol. The second-order valence-corrected chi connectivity index (χ2v) is 6.16. The maximum Gasteiger partial charge on any atom is 0.0689 e. The average Bonchev–Trinajstić information content (AvgIpc) is 2.28. The number of β-amino-alcohol motifs (C(OH)–C–C–N with tert-alkyl or cyclic N) is 1. The lowest BCUT2D eigenvalue weighted by molar-refractivity contribution is 0.0299. The SMILES string of the molecule is CC(C)C(O)CN1CCC2CCCCC2C1. The van der Waals surface area contributed by atoms with Crippen molar-refractivity contribution in [3.8, 4) is 0 Å². The van der Waals surface area contributed by atoms with E-state index in [1.165, 1.54) is 45.2 Å². The predicted octanol–water partition coefficient (Wildman–Crippen LogP) is 2.52. The maximum atomic E-state index is 9.93. The molecule has 1 aliphatic heterocycles. The summed E-state index contributed by atoms with van der Waals surface area (Å²) in [6.45, 7) is 7.57. The van der Waals surface area contributed by atoms with Gasteiger partial charge in [-0.3, -0.25) is 0 Å². The van der Waals surface area contributed by atoms with E-state index in [-0.39, 0.29) is 6.10 Å². The third-order valence-electron chi connectivity index (χ3n) is 4.59. The van der Waals surface area contributed by atoms with Gasteiger partial charge in [0.25, 0.3) is 0 Å². The Morgan fingerprint density at radius 2 is 1.81 bits per heavy atom. The summed E-state index contributed by atoms with van der Waals surface area (Å²) in [5.41, 5.74) is 0. The summed E-state index contributed by atoms with van der Waals surface area (Å²) >= 11 is 0. The molecule has 16 heavy (non-hydrogen) atoms. The lowest BCUT2D eigenvalue weighted by atomic mass is 9.75. The zero-order valence-corrected chi connectivity index (χ0v) is 10.9. The summed E-state index contributed by atoms with van der Waals surface area (Å²) < 4.78 is 0. The number of fused-ring (bicyclic) bond motifs is 1. The van der Waals surface area contributed by atoms with Crippen molar-refractivity contribution in [2.45, 2.75) is 52.1 Å². The Bertz CT molecular complexity index is 217. The number of hydrogen-bond donors (Lipinski definition) is 1. The van der Waals surface area contributed by atoms with Gasteiger partial charge in [-0.05, 0) is 37.1 Å². The van der Waals surface area contributed by atoms with Crippen LogP contribution >= 0.6 is 0 Å². The molecule has 2 heteroatoms. The lowest BCUT2D eigenvalue weighted by Crippen LogP contribution is -2.45. The van der Waals surface area contributed by atoms with E-state index in [1.807, 2.05) is 0 Å². The van der Waals surface area contributed by atoms with Gasteiger partial charge in [0, 0.05) is 13.1 Å². The number of piperidine rings is 1. The molecule has 2 nitrogen and oxygen atoms in total. The van der Waals surface area contributed by atoms with Gasteiger partial charge < -0.3 is 10.0 Å². The number of aliphatic hydroxyl groups is 1. The van der Waals surface area contributed by atoms with Crippen LogP contribution in [0.1, 0.15) is 46.0 Å². The van der Waals surface area contributed by atoms with E-state index in [9.17, 15) is 5.11 Å². The molecule has 2 fully saturated rings. The molecule has 3 atom stereocenters. The Balaban J connectivity index is 1.80. The number of hydrogen-bond acceptors (Lipinski definition) is 2. The molecule has 2 rings (SSSR count). The fraction of sp³-hybridized carbons (Fsp3) is 1.00. The third-order valence-corrected chi connectivity index (χ3v) is 4.59. The van der Waals surface area contributed by atoms with Crippen LogP contribution < -0.4 is 0 Å². The maximum absolute atomic E-state index is 9.93. The summed E-state index contributed by atoms with van der Waals surface area (Å²) in [7, 11) is 0. The molecule has 94 valence electrons. The summed E-state index contributed by atoms with van der Waals surface area (Å²) in [5, 5.41) is 9.93. The molecule has 0 aromatic carbocycles. The van der Waals surface area contributed by atoms with Gasteiger partial charge in [0.15, 0.2) is 0 Å². The lowest BCUT2D eigenvalue weighted by Gasteiger charge is -2.42. The molecule has 2 aliphatic rings. The molecule has 1 saturated carbocycles. The van der Waals surface area contributed by atoms with E-state index in [2.05, 4.69) is 18.7 Å². The van der Waals surface area contributed by atoms with Crippen LogP contribution in [0.15, 0.2) is 0 Å². The monoisotopic (exact) mass is 225 g/mol. The van der Waals surface area contributed by atoms with E-state index in [1.54, 1.807) is 0 Å². The topological polar surface area (TPSA) is 23.5 Å². The van der Waals surface area contributed by atoms with Crippen LogP contribution in [0.3, 0.4) is 0 Å². The van der Waals surface area contributed by atoms with Crippen molar-refractivity contribution in [2.75, 3.05) is 19.6 Å². The van der Waals surface area contributed by atoms with Gasteiger partial charge in [-0.25, -0.2) is 0 Å². The summed E-state index contributed by atoms with van der Waals surface area (Å²) in [6, 6.07) is 0. The number of rotatable bonds is 3. The minimum Gasteiger partial charge on any atom is -0.392 e. The van der Waals surface area contributed by atoms with Crippen LogP contribution in [0.4, 0.5) is 0 Å². The molecular formula is C14H27NO. The van der Waals surface area contributed by atoms with Crippen LogP contribution in [-0.4, -0.2) is 35.7 Å². The van der Waals surface area contributed by atoms with Crippen molar-refractivity contribution in [3.63, 3.8) is 0 Å². The molecule has 0 aromatic heterocycles. The first-order valence-corrected chi connectivity index (χ1v) is 7.07. The second kappa shape index (κ2) is 5.50. The van der Waals surface area contributed by atoms with Gasteiger partial charge >= 0.3 is 0 Å². The van der Waals surface area contributed by atoms with Gasteiger partial charge in [0.05, 0.1) is 6.10 Å². The Hall–Kier alpha value is -0.0800. The largest absolute Gasteiger partial charge is 0.392 e. The van der Waals surface area contributed by atoms with Crippen molar-refractivity contribution in [1.82, 2.24) is 4.90 Å². The highest BCUT2D eigenvalue weighted by molar-refractivity contribution is 4.84. The molecule has 1 N–H and O–H groups in total. The van der Waals surface area contributed by atoms with Gasteiger partial charge in [-0.15, -0.1) is 0 Å². The Labute approximate surface area is 100 Å². The van der Waals surface area contributed by atoms with E-state index >= 15 is 0 Å². The van der Waals surface area contributed by atoms with Crippen molar-refractivity contribution in [2.24, 2.45) is 17.8 Å². The smallest absolute Gasteiger partial charge is 0.0689 e. The van der Waals surface area contributed by atoms with Gasteiger partial charge in [-0.1, -0.05) is 33.1 Å². The first kappa shape index (κ1) is 12.4. The first-order valence-electron chi connectivity index (χ1n) is 7.07. The zero-order chi connectivity index (χ0) is 11.5. The fourth-order valence-electron chi connectivity index (χ4n) is 3.32. The normalized spacial score (nSPS) is 33.8. The van der Waals surface area contributed by atoms with E-state index < -0.39 is 0 Å². The minimum absolute atomic E-state index is 0.139. The highest BCUT2D eigenvalue weighted by Crippen LogP contribution is 2.36. The predicted molar refractivity (Wildman–Crippen MR) is 67.3 cm³/mol. The fourth-order valence-corrected chi connectivity index (χ4v) is 3.32. The average molecular weight is 225 g/mol. The van der Waals surface area contributed by atoms with Crippen molar-refractivity contribution >= 4 is 0 Å². The second-order valence-electron chi connectivity index (χ2n) is 6.16. The Morgan fingerprint density at radius 3 is 2.50 bits per heavy atom. The minimum atomic E-state index is -0.139. The van der Waals surface area contributed by atoms with E-state index in [4.69, 9.17) is 0 Å². The standard InChI is InChI=1S/C14H27NO/c1-11(2)14(16)10-15-8-7-12-5-3-4-6-13(12)9-15/h11-14,16H,3-10H2,1-2H3. The van der Waals surface area contributed by atoms with Crippen molar-refractivity contribution < 1.29 is 5.11 Å². The van der Waals surface area contributed by atoms with Crippen LogP contribution in [-0.2, 0) is 0 Å². The number of likely N-dealkylation sites (tertiary alicyclic amines) is 1. The molecule has 1 aliphatic carbocycles. The molecule has 0 spiro atoms. The van der Waals surface area contributed by atoms with Crippen LogP contribution in [0, 0.1) is 17.8 Å². The molecule has 1 saturated heterocycles. The van der Waals surface area contributed by atoms with Crippen LogP contribution in [0.2, 0.25) is 0 Å². The summed E-state index contributed by atoms with van der Waals surface area (Å²) in [5.74, 6) is 2.33. The van der Waals surface area contributed by atoms with Gasteiger partial charge in [-0.2, -0.15) is 0 Å². The highest BCUT2D eigenvalue weighted by Gasteiger charge is 2.31. The summed E-state index contributed by atoms with van der Waals surface area (Å²) in [4.78, 5) is 2.50. The molecule has 3 unspecified atom stereocenters. The van der Waals surface area contributed by atoms with Gasteiger partial charge in [0.1, 0.15) is 0 Å². The molecule has 0 radical (unpaired) electrons. The van der Waals surface area contributed by atoms with Gasteiger partial charge in [0.2, 0.25) is 0 Å². The van der Waals surface area contributed by atoms with Crippen LogP contribution in [0.5, 0.6) is 0 Å². The summed E-state index contributed by atoms with van der Waals surface area (Å²) in [6.07, 6.45) is 7.01. The zero-order valence-electron chi connectivity index (χ0n) is 10.9. The Kier molecular flexibility index (Phi) is 4.26. The molecule has 0 aromatic rings. The Morgan fingerprint density at radius 1 is 1.12 bits per heavy atom. The van der Waals surface area contributed by atoms with Crippen molar-refractivity contribution in [3.05, 3.63) is 0 Å². The highest BCUT2D eigenvalue weighted by atomic mass is 16.3. The molecule has 0 bridgehead atoms. The molecule has 0 amide bonds. The van der Waals surface area contributed by atoms with E-state index in [0.29, 0.717) is 5.92 Å². The first-order chi connectivity index (χ1) is 7.66. The van der Waals surface area contributed by atoms with Crippen molar-refractivity contribution in [1.29, 1.82) is 0 Å². The quantitative estimate of drug-likeness (QED) is 0.798. The number of nitrogens with zero attached hydrogens (tertiary/aromatic N) is 1. The third kappa shape index (κ3) is 2.98. The van der Waals surface area contributed by atoms with E-state index in [0.717, 1.165) is 18.4 Å². The van der Waals surface area contributed by atoms with Crippen LogP contribution in [0.25, 0.3) is 0 Å². The molecule has 1 heterocycles.